The van der Waals surface area contributed by atoms with Crippen LogP contribution < -0.4 is 10.1 Å². The van der Waals surface area contributed by atoms with Gasteiger partial charge in [-0.2, -0.15) is 0 Å². The summed E-state index contributed by atoms with van der Waals surface area (Å²) in [6.45, 7) is 0.729. The molecule has 3 nitrogen and oxygen atoms in total. The highest BCUT2D eigenvalue weighted by Crippen LogP contribution is 2.35. The van der Waals surface area contributed by atoms with Gasteiger partial charge in [0.25, 0.3) is 0 Å². The molecule has 0 aromatic heterocycles. The molecule has 21 heavy (non-hydrogen) atoms. The molecule has 0 aliphatic carbocycles. The van der Waals surface area contributed by atoms with Crippen molar-refractivity contribution in [1.82, 2.24) is 5.32 Å². The molecule has 0 saturated heterocycles. The molecule has 1 unspecified atom stereocenters. The number of benzene rings is 2. The molecule has 2 aromatic rings. The molecule has 1 heterocycles. The Morgan fingerprint density at radius 3 is 2.81 bits per heavy atom. The van der Waals surface area contributed by atoms with Crippen LogP contribution in [0.15, 0.2) is 48.5 Å². The largest absolute Gasteiger partial charge is 0.493 e. The maximum Gasteiger partial charge on any atom is 0.221 e. The Bertz CT molecular complexity index is 657. The molecule has 1 amide bonds. The molecule has 4 heteroatoms. The van der Waals surface area contributed by atoms with Gasteiger partial charge in [0, 0.05) is 30.0 Å². The van der Waals surface area contributed by atoms with Crippen molar-refractivity contribution in [3.05, 3.63) is 65.5 Å². The van der Waals surface area contributed by atoms with Gasteiger partial charge in [-0.15, -0.1) is 0 Å². The maximum absolute atomic E-state index is 13.5. The first-order valence-corrected chi connectivity index (χ1v) is 6.96. The number of carbonyl (C=O) groups excluding carboxylic acids is 1. The number of carbonyl (C=O) groups is 1. The van der Waals surface area contributed by atoms with Gasteiger partial charge in [0.1, 0.15) is 11.6 Å². The number of hydrogen-bond donors (Lipinski definition) is 1. The van der Waals surface area contributed by atoms with E-state index in [9.17, 15) is 9.18 Å². The Balaban J connectivity index is 1.57. The smallest absolute Gasteiger partial charge is 0.221 e. The molecule has 1 atom stereocenters. The molecular weight excluding hydrogens is 269 g/mol. The number of para-hydroxylation sites is 1. The van der Waals surface area contributed by atoms with Crippen LogP contribution in [0.5, 0.6) is 5.75 Å². The third-order valence-electron chi connectivity index (χ3n) is 3.66. The van der Waals surface area contributed by atoms with E-state index in [1.807, 2.05) is 24.3 Å². The zero-order valence-corrected chi connectivity index (χ0v) is 11.5. The predicted octanol–water partition coefficient (Wildman–Crippen LogP) is 3.01. The number of rotatable bonds is 4. The van der Waals surface area contributed by atoms with Gasteiger partial charge in [0.2, 0.25) is 5.91 Å². The molecule has 1 aliphatic heterocycles. The summed E-state index contributed by atoms with van der Waals surface area (Å²) in [6.07, 6.45) is 0.353. The minimum atomic E-state index is -0.299. The van der Waals surface area contributed by atoms with Crippen molar-refractivity contribution in [3.63, 3.8) is 0 Å². The number of halogens is 1. The molecule has 1 N–H and O–H groups in total. The van der Waals surface area contributed by atoms with E-state index in [0.717, 1.165) is 11.3 Å². The topological polar surface area (TPSA) is 38.3 Å². The minimum absolute atomic E-state index is 0.0711. The molecule has 2 aromatic carbocycles. The van der Waals surface area contributed by atoms with Crippen LogP contribution >= 0.6 is 0 Å². The molecule has 108 valence electrons. The molecule has 1 aliphatic rings. The van der Waals surface area contributed by atoms with E-state index in [2.05, 4.69) is 5.32 Å². The van der Waals surface area contributed by atoms with Crippen molar-refractivity contribution >= 4 is 5.91 Å². The second-order valence-electron chi connectivity index (χ2n) is 5.12. The van der Waals surface area contributed by atoms with Crippen LogP contribution in [0.3, 0.4) is 0 Å². The van der Waals surface area contributed by atoms with Gasteiger partial charge in [0.05, 0.1) is 6.61 Å². The summed E-state index contributed by atoms with van der Waals surface area (Å²) >= 11 is 0. The predicted molar refractivity (Wildman–Crippen MR) is 77.5 cm³/mol. The molecule has 0 fully saturated rings. The quantitative estimate of drug-likeness (QED) is 0.937. The SMILES string of the molecule is O=C(CC1COc2ccccc21)NCc1ccccc1F. The van der Waals surface area contributed by atoms with E-state index in [1.165, 1.54) is 6.07 Å². The Hall–Kier alpha value is -2.36. The second-order valence-corrected chi connectivity index (χ2v) is 5.12. The fourth-order valence-corrected chi connectivity index (χ4v) is 2.53. The zero-order valence-electron chi connectivity index (χ0n) is 11.5. The summed E-state index contributed by atoms with van der Waals surface area (Å²) in [4.78, 5) is 12.0. The Morgan fingerprint density at radius 2 is 1.95 bits per heavy atom. The Labute approximate surface area is 122 Å². The number of nitrogens with one attached hydrogen (secondary N) is 1. The van der Waals surface area contributed by atoms with Gasteiger partial charge in [0.15, 0.2) is 0 Å². The maximum atomic E-state index is 13.5. The van der Waals surface area contributed by atoms with E-state index in [1.54, 1.807) is 18.2 Å². The molecule has 3 rings (SSSR count). The highest BCUT2D eigenvalue weighted by atomic mass is 19.1. The average molecular weight is 285 g/mol. The van der Waals surface area contributed by atoms with Crippen molar-refractivity contribution in [2.75, 3.05) is 6.61 Å². The highest BCUT2D eigenvalue weighted by Gasteiger charge is 2.25. The van der Waals surface area contributed by atoms with Crippen molar-refractivity contribution in [1.29, 1.82) is 0 Å². The van der Waals surface area contributed by atoms with Gasteiger partial charge in [-0.25, -0.2) is 4.39 Å². The van der Waals surface area contributed by atoms with Gasteiger partial charge >= 0.3 is 0 Å². The third-order valence-corrected chi connectivity index (χ3v) is 3.66. The normalized spacial score (nSPS) is 16.1. The zero-order chi connectivity index (χ0) is 14.7. The number of ether oxygens (including phenoxy) is 1. The van der Waals surface area contributed by atoms with E-state index in [-0.39, 0.29) is 24.2 Å². The summed E-state index contributed by atoms with van der Waals surface area (Å²) in [5.41, 5.74) is 1.56. The molecular formula is C17H16FNO2. The third kappa shape index (κ3) is 3.05. The first kappa shape index (κ1) is 13.6. The monoisotopic (exact) mass is 285 g/mol. The van der Waals surface area contributed by atoms with Crippen LogP contribution in [0.1, 0.15) is 23.5 Å². The molecule has 0 spiro atoms. The van der Waals surface area contributed by atoms with E-state index in [0.29, 0.717) is 18.6 Å². The lowest BCUT2D eigenvalue weighted by molar-refractivity contribution is -0.121. The highest BCUT2D eigenvalue weighted by molar-refractivity contribution is 5.77. The molecule has 0 bridgehead atoms. The fraction of sp³-hybridized carbons (Fsp3) is 0.235. The van der Waals surface area contributed by atoms with Crippen molar-refractivity contribution in [2.45, 2.75) is 18.9 Å². The lowest BCUT2D eigenvalue weighted by Crippen LogP contribution is -2.25. The van der Waals surface area contributed by atoms with Crippen LogP contribution in [0.4, 0.5) is 4.39 Å². The van der Waals surface area contributed by atoms with Crippen LogP contribution in [0.25, 0.3) is 0 Å². The van der Waals surface area contributed by atoms with E-state index >= 15 is 0 Å². The summed E-state index contributed by atoms with van der Waals surface area (Å²) in [6, 6.07) is 14.2. The molecule has 0 saturated carbocycles. The lowest BCUT2D eigenvalue weighted by atomic mass is 9.97. The van der Waals surface area contributed by atoms with Gasteiger partial charge in [-0.1, -0.05) is 36.4 Å². The van der Waals surface area contributed by atoms with E-state index < -0.39 is 0 Å². The van der Waals surface area contributed by atoms with Crippen LogP contribution in [0, 0.1) is 5.82 Å². The van der Waals surface area contributed by atoms with Crippen LogP contribution in [-0.2, 0) is 11.3 Å². The minimum Gasteiger partial charge on any atom is -0.493 e. The summed E-state index contributed by atoms with van der Waals surface area (Å²) in [5, 5.41) is 2.76. The van der Waals surface area contributed by atoms with Gasteiger partial charge < -0.3 is 10.1 Å². The number of fused-ring (bicyclic) bond motifs is 1. The average Bonchev–Trinajstić information content (AvgIpc) is 2.90. The van der Waals surface area contributed by atoms with Crippen molar-refractivity contribution in [3.8, 4) is 5.75 Å². The van der Waals surface area contributed by atoms with Crippen LogP contribution in [-0.4, -0.2) is 12.5 Å². The summed E-state index contributed by atoms with van der Waals surface area (Å²) in [7, 11) is 0. The first-order chi connectivity index (χ1) is 10.2. The number of hydrogen-bond acceptors (Lipinski definition) is 2. The lowest BCUT2D eigenvalue weighted by Gasteiger charge is -2.10. The van der Waals surface area contributed by atoms with Crippen molar-refractivity contribution < 1.29 is 13.9 Å². The van der Waals surface area contributed by atoms with Crippen molar-refractivity contribution in [2.24, 2.45) is 0 Å². The Kier molecular flexibility index (Phi) is 3.86. The fourth-order valence-electron chi connectivity index (χ4n) is 2.53. The summed E-state index contributed by atoms with van der Waals surface area (Å²) < 4.78 is 19.0. The second kappa shape index (κ2) is 5.95. The summed E-state index contributed by atoms with van der Waals surface area (Å²) in [5.74, 6) is 0.530. The molecule has 0 radical (unpaired) electrons. The van der Waals surface area contributed by atoms with Crippen LogP contribution in [0.2, 0.25) is 0 Å². The van der Waals surface area contributed by atoms with E-state index in [4.69, 9.17) is 4.74 Å². The number of amides is 1. The van der Waals surface area contributed by atoms with Gasteiger partial charge in [-0.3, -0.25) is 4.79 Å². The first-order valence-electron chi connectivity index (χ1n) is 6.96. The van der Waals surface area contributed by atoms with Gasteiger partial charge in [-0.05, 0) is 12.1 Å². The standard InChI is InChI=1S/C17H16FNO2/c18-15-7-3-1-5-12(15)10-19-17(20)9-13-11-21-16-8-4-2-6-14(13)16/h1-8,13H,9-11H2,(H,19,20). The Morgan fingerprint density at radius 1 is 1.19 bits per heavy atom.